The van der Waals surface area contributed by atoms with Crippen LogP contribution in [0, 0.1) is 0 Å². The Morgan fingerprint density at radius 2 is 1.50 bits per heavy atom. The number of benzodiazepines with no additional fused rings is 1. The van der Waals surface area contributed by atoms with Crippen LogP contribution >= 0.6 is 15.9 Å². The summed E-state index contributed by atoms with van der Waals surface area (Å²) in [6.45, 7) is 0.674. The van der Waals surface area contributed by atoms with Gasteiger partial charge >= 0.3 is 0 Å². The van der Waals surface area contributed by atoms with Gasteiger partial charge in [0.15, 0.2) is 0 Å². The molecule has 0 saturated carbocycles. The molecule has 0 N–H and O–H groups in total. The molecule has 0 atom stereocenters. The van der Waals surface area contributed by atoms with Crippen LogP contribution in [0.15, 0.2) is 88.3 Å². The number of hydrogen-bond acceptors (Lipinski definition) is 2. The zero-order valence-electron chi connectivity index (χ0n) is 14.1. The number of anilines is 1. The molecule has 0 spiro atoms. The van der Waals surface area contributed by atoms with Crippen LogP contribution in [-0.2, 0) is 11.3 Å². The van der Waals surface area contributed by atoms with E-state index in [1.807, 2.05) is 83.8 Å². The lowest BCUT2D eigenvalue weighted by Gasteiger charge is -2.23. The number of amides is 1. The van der Waals surface area contributed by atoms with E-state index in [4.69, 9.17) is 0 Å². The van der Waals surface area contributed by atoms with Crippen LogP contribution in [0.2, 0.25) is 0 Å². The number of para-hydroxylation sites is 1. The molecule has 1 aliphatic heterocycles. The Morgan fingerprint density at radius 3 is 2.27 bits per heavy atom. The smallest absolute Gasteiger partial charge is 0.248 e. The lowest BCUT2D eigenvalue weighted by Crippen LogP contribution is -2.31. The fourth-order valence-corrected chi connectivity index (χ4v) is 3.66. The van der Waals surface area contributed by atoms with E-state index >= 15 is 0 Å². The summed E-state index contributed by atoms with van der Waals surface area (Å²) in [5, 5.41) is 0. The van der Waals surface area contributed by atoms with Gasteiger partial charge in [-0.05, 0) is 17.7 Å². The number of aliphatic imine (C=N–C) groups is 1. The summed E-state index contributed by atoms with van der Waals surface area (Å²) in [5.74, 6) is 0.00311. The molecule has 1 amide bonds. The SMILES string of the molecule is O=C1CN=C(c2ccccc2Br)c2ccccc2N1Cc1ccccc1. The van der Waals surface area contributed by atoms with Crippen LogP contribution in [0.1, 0.15) is 16.7 Å². The highest BCUT2D eigenvalue weighted by atomic mass is 79.9. The summed E-state index contributed by atoms with van der Waals surface area (Å²) >= 11 is 3.61. The molecule has 1 heterocycles. The van der Waals surface area contributed by atoms with Gasteiger partial charge in [-0.3, -0.25) is 9.79 Å². The molecule has 3 nitrogen and oxygen atoms in total. The van der Waals surface area contributed by atoms with Crippen LogP contribution < -0.4 is 4.90 Å². The summed E-state index contributed by atoms with van der Waals surface area (Å²) in [7, 11) is 0. The predicted molar refractivity (Wildman–Crippen MR) is 109 cm³/mol. The molecule has 0 radical (unpaired) electrons. The van der Waals surface area contributed by atoms with Gasteiger partial charge in [0, 0.05) is 15.6 Å². The number of fused-ring (bicyclic) bond motifs is 1. The van der Waals surface area contributed by atoms with Crippen molar-refractivity contribution in [3.63, 3.8) is 0 Å². The molecule has 26 heavy (non-hydrogen) atoms. The van der Waals surface area contributed by atoms with Gasteiger partial charge in [0.05, 0.1) is 17.9 Å². The molecule has 0 saturated heterocycles. The van der Waals surface area contributed by atoms with Gasteiger partial charge in [0.25, 0.3) is 0 Å². The van der Waals surface area contributed by atoms with Gasteiger partial charge in [-0.25, -0.2) is 0 Å². The van der Waals surface area contributed by atoms with E-state index in [0.717, 1.165) is 32.6 Å². The van der Waals surface area contributed by atoms with Crippen LogP contribution in [0.4, 0.5) is 5.69 Å². The normalized spacial score (nSPS) is 13.8. The highest BCUT2D eigenvalue weighted by molar-refractivity contribution is 9.10. The third-order valence-corrected chi connectivity index (χ3v) is 5.13. The van der Waals surface area contributed by atoms with Crippen molar-refractivity contribution in [1.29, 1.82) is 0 Å². The monoisotopic (exact) mass is 404 g/mol. The minimum absolute atomic E-state index is 0.00311. The van der Waals surface area contributed by atoms with Gasteiger partial charge in [0.1, 0.15) is 6.54 Å². The largest absolute Gasteiger partial charge is 0.306 e. The van der Waals surface area contributed by atoms with E-state index in [-0.39, 0.29) is 12.5 Å². The average molecular weight is 405 g/mol. The van der Waals surface area contributed by atoms with Crippen LogP contribution in [0.5, 0.6) is 0 Å². The second-order valence-electron chi connectivity index (χ2n) is 6.13. The molecule has 128 valence electrons. The van der Waals surface area contributed by atoms with E-state index in [0.29, 0.717) is 6.54 Å². The first-order valence-corrected chi connectivity index (χ1v) is 9.26. The zero-order chi connectivity index (χ0) is 17.9. The van der Waals surface area contributed by atoms with Gasteiger partial charge in [0.2, 0.25) is 5.91 Å². The van der Waals surface area contributed by atoms with Gasteiger partial charge < -0.3 is 4.90 Å². The second-order valence-corrected chi connectivity index (χ2v) is 6.98. The lowest BCUT2D eigenvalue weighted by atomic mass is 10.00. The Bertz CT molecular complexity index is 982. The Kier molecular flexibility index (Phi) is 4.67. The van der Waals surface area contributed by atoms with Crippen molar-refractivity contribution in [2.75, 3.05) is 11.4 Å². The molecule has 4 heteroatoms. The Balaban J connectivity index is 1.81. The molecule has 0 aliphatic carbocycles. The summed E-state index contributed by atoms with van der Waals surface area (Å²) in [5.41, 5.74) is 4.81. The Morgan fingerprint density at radius 1 is 0.846 bits per heavy atom. The molecule has 3 aromatic carbocycles. The molecular formula is C22H17BrN2O. The summed E-state index contributed by atoms with van der Waals surface area (Å²) in [6, 6.07) is 26.0. The van der Waals surface area contributed by atoms with E-state index in [1.165, 1.54) is 0 Å². The number of benzene rings is 3. The lowest BCUT2D eigenvalue weighted by molar-refractivity contribution is -0.117. The first-order valence-electron chi connectivity index (χ1n) is 8.47. The van der Waals surface area contributed by atoms with E-state index in [1.54, 1.807) is 0 Å². The first kappa shape index (κ1) is 16.7. The van der Waals surface area contributed by atoms with Crippen molar-refractivity contribution < 1.29 is 4.79 Å². The molecule has 0 bridgehead atoms. The third kappa shape index (κ3) is 3.20. The van der Waals surface area contributed by atoms with E-state index < -0.39 is 0 Å². The fraction of sp³-hybridized carbons (Fsp3) is 0.0909. The fourth-order valence-electron chi connectivity index (χ4n) is 3.18. The second kappa shape index (κ2) is 7.26. The quantitative estimate of drug-likeness (QED) is 0.614. The standard InChI is InChI=1S/C22H17BrN2O/c23-19-12-6-4-10-17(19)22-18-11-5-7-13-20(18)25(21(26)14-24-22)15-16-8-2-1-3-9-16/h1-13H,14-15H2. The Hall–Kier alpha value is -2.72. The summed E-state index contributed by atoms with van der Waals surface area (Å²) in [6.07, 6.45) is 0. The molecule has 0 aromatic heterocycles. The average Bonchev–Trinajstić information content (AvgIpc) is 2.81. The van der Waals surface area contributed by atoms with Crippen molar-refractivity contribution in [3.05, 3.63) is 100 Å². The number of nitrogens with zero attached hydrogens (tertiary/aromatic N) is 2. The van der Waals surface area contributed by atoms with Crippen molar-refractivity contribution in [1.82, 2.24) is 0 Å². The number of halogens is 1. The van der Waals surface area contributed by atoms with Crippen molar-refractivity contribution in [2.24, 2.45) is 4.99 Å². The van der Waals surface area contributed by atoms with Gasteiger partial charge in [-0.15, -0.1) is 0 Å². The number of carbonyl (C=O) groups is 1. The number of hydrogen-bond donors (Lipinski definition) is 0. The summed E-state index contributed by atoms with van der Waals surface area (Å²) < 4.78 is 0.970. The van der Waals surface area contributed by atoms with Crippen LogP contribution in [0.3, 0.4) is 0 Å². The molecule has 0 fully saturated rings. The van der Waals surface area contributed by atoms with Crippen molar-refractivity contribution in [2.45, 2.75) is 6.54 Å². The maximum Gasteiger partial charge on any atom is 0.248 e. The van der Waals surface area contributed by atoms with Crippen LogP contribution in [-0.4, -0.2) is 18.2 Å². The predicted octanol–water partition coefficient (Wildman–Crippen LogP) is 4.83. The van der Waals surface area contributed by atoms with E-state index in [2.05, 4.69) is 20.9 Å². The highest BCUT2D eigenvalue weighted by Gasteiger charge is 2.25. The number of carbonyl (C=O) groups excluding carboxylic acids is 1. The molecular weight excluding hydrogens is 388 g/mol. The maximum atomic E-state index is 12.9. The van der Waals surface area contributed by atoms with Crippen LogP contribution in [0.25, 0.3) is 0 Å². The number of rotatable bonds is 3. The molecule has 3 aromatic rings. The minimum Gasteiger partial charge on any atom is -0.306 e. The molecule has 0 unspecified atom stereocenters. The topological polar surface area (TPSA) is 32.7 Å². The summed E-state index contributed by atoms with van der Waals surface area (Å²) in [4.78, 5) is 19.3. The van der Waals surface area contributed by atoms with Gasteiger partial charge in [-0.2, -0.15) is 0 Å². The molecule has 4 rings (SSSR count). The molecule has 1 aliphatic rings. The zero-order valence-corrected chi connectivity index (χ0v) is 15.7. The Labute approximate surface area is 161 Å². The van der Waals surface area contributed by atoms with Gasteiger partial charge in [-0.1, -0.05) is 82.7 Å². The highest BCUT2D eigenvalue weighted by Crippen LogP contribution is 2.30. The minimum atomic E-state index is 0.00311. The van der Waals surface area contributed by atoms with Crippen molar-refractivity contribution in [3.8, 4) is 0 Å². The van der Waals surface area contributed by atoms with E-state index in [9.17, 15) is 4.79 Å². The van der Waals surface area contributed by atoms with Crippen molar-refractivity contribution >= 4 is 33.2 Å². The first-order chi connectivity index (χ1) is 12.7. The maximum absolute atomic E-state index is 12.9. The third-order valence-electron chi connectivity index (χ3n) is 4.44.